The van der Waals surface area contributed by atoms with Crippen LogP contribution in [0.2, 0.25) is 5.02 Å². The van der Waals surface area contributed by atoms with Crippen LogP contribution in [-0.2, 0) is 14.8 Å². The minimum atomic E-state index is -3.54. The lowest BCUT2D eigenvalue weighted by atomic mass is 10.1. The first-order chi connectivity index (χ1) is 17.8. The standard InChI is InChI=1S/C28H38ClN3O4S/c1-3-4-5-12-28(33)31(17-8-10-24-9-6-7-11-27(24)36-2)21-18-30-19-22-32(23-20-30)37(34,35)26-15-13-25(29)14-16-26/h6-11,13-16H,3-5,12,17-23H2,1-2H3/b10-8+. The van der Waals surface area contributed by atoms with Gasteiger partial charge < -0.3 is 9.64 Å². The average Bonchev–Trinajstić information content (AvgIpc) is 2.91. The molecular formula is C28H38ClN3O4S. The minimum absolute atomic E-state index is 0.155. The highest BCUT2D eigenvalue weighted by Gasteiger charge is 2.28. The van der Waals surface area contributed by atoms with Gasteiger partial charge in [0.05, 0.1) is 12.0 Å². The molecule has 37 heavy (non-hydrogen) atoms. The number of carbonyl (C=O) groups excluding carboxylic acids is 1. The van der Waals surface area contributed by atoms with Gasteiger partial charge in [0.1, 0.15) is 5.75 Å². The maximum absolute atomic E-state index is 13.0. The molecule has 9 heteroatoms. The molecule has 0 bridgehead atoms. The second-order valence-corrected chi connectivity index (χ2v) is 11.5. The van der Waals surface area contributed by atoms with E-state index in [9.17, 15) is 13.2 Å². The van der Waals surface area contributed by atoms with Crippen molar-refractivity contribution in [3.8, 4) is 5.75 Å². The van der Waals surface area contributed by atoms with Gasteiger partial charge in [0.25, 0.3) is 0 Å². The van der Waals surface area contributed by atoms with E-state index >= 15 is 0 Å². The van der Waals surface area contributed by atoms with Crippen molar-refractivity contribution in [2.75, 3.05) is 52.9 Å². The van der Waals surface area contributed by atoms with E-state index < -0.39 is 10.0 Å². The predicted octanol–water partition coefficient (Wildman–Crippen LogP) is 4.78. The van der Waals surface area contributed by atoms with Crippen molar-refractivity contribution in [1.82, 2.24) is 14.1 Å². The Morgan fingerprint density at radius 3 is 2.43 bits per heavy atom. The van der Waals surface area contributed by atoms with E-state index in [1.54, 1.807) is 31.4 Å². The number of piperazine rings is 1. The van der Waals surface area contributed by atoms with E-state index in [1.165, 1.54) is 4.31 Å². The van der Waals surface area contributed by atoms with Crippen LogP contribution >= 0.6 is 11.6 Å². The molecule has 1 amide bonds. The van der Waals surface area contributed by atoms with Crippen LogP contribution in [0.15, 0.2) is 59.5 Å². The maximum atomic E-state index is 13.0. The average molecular weight is 548 g/mol. The number of ether oxygens (including phenoxy) is 1. The molecular weight excluding hydrogens is 510 g/mol. The number of hydrogen-bond acceptors (Lipinski definition) is 5. The van der Waals surface area contributed by atoms with Gasteiger partial charge >= 0.3 is 0 Å². The Morgan fingerprint density at radius 2 is 1.76 bits per heavy atom. The van der Waals surface area contributed by atoms with Crippen LogP contribution in [0.25, 0.3) is 6.08 Å². The Labute approximate surface area is 226 Å². The number of hydrogen-bond donors (Lipinski definition) is 0. The number of unbranched alkanes of at least 4 members (excludes halogenated alkanes) is 2. The molecule has 1 fully saturated rings. The fourth-order valence-electron chi connectivity index (χ4n) is 4.32. The molecule has 2 aromatic rings. The lowest BCUT2D eigenvalue weighted by Gasteiger charge is -2.35. The molecule has 0 spiro atoms. The van der Waals surface area contributed by atoms with Crippen LogP contribution in [0.5, 0.6) is 5.75 Å². The molecule has 0 aromatic heterocycles. The molecule has 0 unspecified atom stereocenters. The minimum Gasteiger partial charge on any atom is -0.496 e. The Bertz CT molecular complexity index is 1130. The zero-order valence-corrected chi connectivity index (χ0v) is 23.4. The molecule has 1 aliphatic rings. The number of halogens is 1. The Morgan fingerprint density at radius 1 is 1.05 bits per heavy atom. The third-order valence-electron chi connectivity index (χ3n) is 6.58. The monoisotopic (exact) mass is 547 g/mol. The van der Waals surface area contributed by atoms with Crippen molar-refractivity contribution in [2.24, 2.45) is 0 Å². The number of nitrogens with zero attached hydrogens (tertiary/aromatic N) is 3. The van der Waals surface area contributed by atoms with E-state index in [0.29, 0.717) is 57.3 Å². The lowest BCUT2D eigenvalue weighted by molar-refractivity contribution is -0.131. The summed E-state index contributed by atoms with van der Waals surface area (Å²) in [6.45, 7) is 6.05. The van der Waals surface area contributed by atoms with Crippen LogP contribution in [0, 0.1) is 0 Å². The van der Waals surface area contributed by atoms with E-state index in [-0.39, 0.29) is 10.8 Å². The van der Waals surface area contributed by atoms with Crippen LogP contribution < -0.4 is 4.74 Å². The Hall–Kier alpha value is -2.39. The van der Waals surface area contributed by atoms with Gasteiger partial charge in [-0.2, -0.15) is 4.31 Å². The molecule has 7 nitrogen and oxygen atoms in total. The quantitative estimate of drug-likeness (QED) is 0.338. The topological polar surface area (TPSA) is 70.2 Å². The van der Waals surface area contributed by atoms with Crippen molar-refractivity contribution >= 4 is 33.6 Å². The van der Waals surface area contributed by atoms with Gasteiger partial charge in [0.15, 0.2) is 0 Å². The van der Waals surface area contributed by atoms with Gasteiger partial charge in [0.2, 0.25) is 15.9 Å². The van der Waals surface area contributed by atoms with Gasteiger partial charge in [0, 0.05) is 62.8 Å². The first-order valence-corrected chi connectivity index (χ1v) is 14.7. The van der Waals surface area contributed by atoms with E-state index in [4.69, 9.17) is 16.3 Å². The second kappa shape index (κ2) is 14.5. The fraction of sp³-hybridized carbons (Fsp3) is 0.464. The Kier molecular flexibility index (Phi) is 11.4. The van der Waals surface area contributed by atoms with Gasteiger partial charge in [-0.1, -0.05) is 61.7 Å². The molecule has 1 heterocycles. The van der Waals surface area contributed by atoms with E-state index in [2.05, 4.69) is 11.8 Å². The maximum Gasteiger partial charge on any atom is 0.243 e. The van der Waals surface area contributed by atoms with Gasteiger partial charge in [-0.3, -0.25) is 9.69 Å². The molecule has 0 atom stereocenters. The van der Waals surface area contributed by atoms with E-state index in [1.807, 2.05) is 41.3 Å². The molecule has 0 N–H and O–H groups in total. The molecule has 1 aliphatic heterocycles. The summed E-state index contributed by atoms with van der Waals surface area (Å²) in [5.74, 6) is 0.952. The van der Waals surface area contributed by atoms with Crippen molar-refractivity contribution < 1.29 is 17.9 Å². The summed E-state index contributed by atoms with van der Waals surface area (Å²) in [5, 5.41) is 0.510. The largest absolute Gasteiger partial charge is 0.496 e. The van der Waals surface area contributed by atoms with Crippen molar-refractivity contribution in [2.45, 2.75) is 37.5 Å². The first kappa shape index (κ1) is 29.2. The number of carbonyl (C=O) groups is 1. The Balaban J connectivity index is 1.56. The van der Waals surface area contributed by atoms with Gasteiger partial charge in [-0.15, -0.1) is 0 Å². The SMILES string of the molecule is CCCCCC(=O)N(C/C=C/c1ccccc1OC)CCN1CCN(S(=O)(=O)c2ccc(Cl)cc2)CC1. The summed E-state index contributed by atoms with van der Waals surface area (Å²) in [4.78, 5) is 17.4. The van der Waals surface area contributed by atoms with Crippen LogP contribution in [0.1, 0.15) is 38.2 Å². The third-order valence-corrected chi connectivity index (χ3v) is 8.74. The fourth-order valence-corrected chi connectivity index (χ4v) is 5.87. The number of sulfonamides is 1. The molecule has 0 saturated carbocycles. The summed E-state index contributed by atoms with van der Waals surface area (Å²) in [6, 6.07) is 14.1. The van der Waals surface area contributed by atoms with Crippen LogP contribution in [0.4, 0.5) is 0 Å². The molecule has 0 radical (unpaired) electrons. The number of benzene rings is 2. The summed E-state index contributed by atoms with van der Waals surface area (Å²) in [6.07, 6.45) is 7.55. The van der Waals surface area contributed by atoms with Crippen molar-refractivity contribution in [3.05, 3.63) is 65.2 Å². The van der Waals surface area contributed by atoms with Crippen LogP contribution in [-0.4, -0.2) is 81.4 Å². The lowest BCUT2D eigenvalue weighted by Crippen LogP contribution is -2.50. The molecule has 202 valence electrons. The summed E-state index contributed by atoms with van der Waals surface area (Å²) < 4.78 is 32.9. The molecule has 2 aromatic carbocycles. The number of para-hydroxylation sites is 1. The highest BCUT2D eigenvalue weighted by Crippen LogP contribution is 2.20. The van der Waals surface area contributed by atoms with Gasteiger partial charge in [-0.05, 0) is 36.8 Å². The zero-order chi connectivity index (χ0) is 26.7. The third kappa shape index (κ3) is 8.57. The van der Waals surface area contributed by atoms with Crippen molar-refractivity contribution in [1.29, 1.82) is 0 Å². The summed E-state index contributed by atoms with van der Waals surface area (Å²) >= 11 is 5.91. The summed E-state index contributed by atoms with van der Waals surface area (Å²) in [5.41, 5.74) is 0.974. The normalized spacial score (nSPS) is 15.2. The second-order valence-electron chi connectivity index (χ2n) is 9.14. The van der Waals surface area contributed by atoms with Crippen LogP contribution in [0.3, 0.4) is 0 Å². The number of methoxy groups -OCH3 is 1. The first-order valence-electron chi connectivity index (χ1n) is 12.9. The van der Waals surface area contributed by atoms with Gasteiger partial charge in [-0.25, -0.2) is 8.42 Å². The molecule has 3 rings (SSSR count). The highest BCUT2D eigenvalue weighted by atomic mass is 35.5. The van der Waals surface area contributed by atoms with E-state index in [0.717, 1.165) is 30.6 Å². The molecule has 0 aliphatic carbocycles. The summed E-state index contributed by atoms with van der Waals surface area (Å²) in [7, 11) is -1.89. The smallest absolute Gasteiger partial charge is 0.243 e. The number of amides is 1. The number of rotatable bonds is 13. The predicted molar refractivity (Wildman–Crippen MR) is 149 cm³/mol. The highest BCUT2D eigenvalue weighted by molar-refractivity contribution is 7.89. The zero-order valence-electron chi connectivity index (χ0n) is 21.8. The molecule has 1 saturated heterocycles. The van der Waals surface area contributed by atoms with Crippen molar-refractivity contribution in [3.63, 3.8) is 0 Å².